The van der Waals surface area contributed by atoms with E-state index in [1.54, 1.807) is 12.1 Å². The Balaban J connectivity index is 1.56. The molecule has 5 heteroatoms. The van der Waals surface area contributed by atoms with Crippen LogP contribution in [0.2, 0.25) is 0 Å². The molecular formula is C17H20FN3O. The van der Waals surface area contributed by atoms with E-state index in [4.69, 9.17) is 4.74 Å². The zero-order valence-electron chi connectivity index (χ0n) is 12.7. The van der Waals surface area contributed by atoms with Crippen LogP contribution >= 0.6 is 0 Å². The van der Waals surface area contributed by atoms with Crippen molar-refractivity contribution in [2.24, 2.45) is 5.92 Å². The number of hydrogen-bond donors (Lipinski definition) is 0. The molecular weight excluding hydrogens is 281 g/mol. The maximum Gasteiger partial charge on any atom is 0.151 e. The molecule has 2 aromatic rings. The fourth-order valence-electron chi connectivity index (χ4n) is 2.71. The summed E-state index contributed by atoms with van der Waals surface area (Å²) >= 11 is 0. The van der Waals surface area contributed by atoms with Crippen LogP contribution in [-0.4, -0.2) is 29.9 Å². The summed E-state index contributed by atoms with van der Waals surface area (Å²) in [5, 5.41) is 8.38. The van der Waals surface area contributed by atoms with E-state index in [0.29, 0.717) is 18.3 Å². The molecule has 116 valence electrons. The van der Waals surface area contributed by atoms with E-state index in [-0.39, 0.29) is 5.82 Å². The van der Waals surface area contributed by atoms with Gasteiger partial charge in [0.25, 0.3) is 0 Å². The van der Waals surface area contributed by atoms with Crippen molar-refractivity contribution < 1.29 is 9.13 Å². The predicted molar refractivity (Wildman–Crippen MR) is 83.6 cm³/mol. The van der Waals surface area contributed by atoms with Crippen molar-refractivity contribution in [3.05, 3.63) is 47.9 Å². The molecule has 0 radical (unpaired) electrons. The van der Waals surface area contributed by atoms with E-state index in [9.17, 15) is 4.39 Å². The van der Waals surface area contributed by atoms with Gasteiger partial charge in [-0.15, -0.1) is 5.10 Å². The number of halogens is 1. The topological polar surface area (TPSA) is 38.2 Å². The van der Waals surface area contributed by atoms with E-state index in [0.717, 1.165) is 37.4 Å². The Morgan fingerprint density at radius 2 is 2.00 bits per heavy atom. The summed E-state index contributed by atoms with van der Waals surface area (Å²) in [4.78, 5) is 2.26. The van der Waals surface area contributed by atoms with Crippen molar-refractivity contribution in [2.45, 2.75) is 19.8 Å². The molecule has 0 saturated carbocycles. The molecule has 1 fully saturated rings. The average Bonchev–Trinajstić information content (AvgIpc) is 2.55. The number of aryl methyl sites for hydroxylation is 1. The second-order valence-electron chi connectivity index (χ2n) is 5.75. The van der Waals surface area contributed by atoms with Crippen LogP contribution in [0.4, 0.5) is 10.2 Å². The molecule has 1 aliphatic heterocycles. The Kier molecular flexibility index (Phi) is 4.51. The van der Waals surface area contributed by atoms with E-state index in [2.05, 4.69) is 15.1 Å². The van der Waals surface area contributed by atoms with Crippen LogP contribution in [0.5, 0.6) is 5.75 Å². The summed E-state index contributed by atoms with van der Waals surface area (Å²) in [6, 6.07) is 10.2. The number of hydrogen-bond acceptors (Lipinski definition) is 4. The predicted octanol–water partition coefficient (Wildman–Crippen LogP) is 3.22. The number of aromatic nitrogens is 2. The highest BCUT2D eigenvalue weighted by Gasteiger charge is 2.21. The maximum atomic E-state index is 12.9. The summed E-state index contributed by atoms with van der Waals surface area (Å²) < 4.78 is 18.6. The van der Waals surface area contributed by atoms with Gasteiger partial charge in [0.05, 0.1) is 12.3 Å². The second-order valence-corrected chi connectivity index (χ2v) is 5.75. The van der Waals surface area contributed by atoms with Crippen molar-refractivity contribution in [3.8, 4) is 5.75 Å². The molecule has 1 unspecified atom stereocenters. The molecule has 0 amide bonds. The van der Waals surface area contributed by atoms with Crippen molar-refractivity contribution in [1.29, 1.82) is 0 Å². The molecule has 0 bridgehead atoms. The first kappa shape index (κ1) is 14.8. The van der Waals surface area contributed by atoms with Gasteiger partial charge < -0.3 is 9.64 Å². The fourth-order valence-corrected chi connectivity index (χ4v) is 2.71. The molecule has 1 aromatic heterocycles. The molecule has 1 saturated heterocycles. The smallest absolute Gasteiger partial charge is 0.151 e. The Bertz CT molecular complexity index is 600. The summed E-state index contributed by atoms with van der Waals surface area (Å²) in [7, 11) is 0. The zero-order chi connectivity index (χ0) is 15.4. The van der Waals surface area contributed by atoms with Crippen molar-refractivity contribution >= 4 is 5.82 Å². The molecule has 1 atom stereocenters. The number of anilines is 1. The van der Waals surface area contributed by atoms with Crippen LogP contribution in [0.3, 0.4) is 0 Å². The van der Waals surface area contributed by atoms with E-state index in [1.807, 2.05) is 19.1 Å². The number of ether oxygens (including phenoxy) is 1. The molecule has 4 nitrogen and oxygen atoms in total. The van der Waals surface area contributed by atoms with Crippen molar-refractivity contribution in [2.75, 3.05) is 24.6 Å². The van der Waals surface area contributed by atoms with E-state index < -0.39 is 0 Å². The quantitative estimate of drug-likeness (QED) is 0.869. The summed E-state index contributed by atoms with van der Waals surface area (Å²) in [6.07, 6.45) is 2.25. The van der Waals surface area contributed by atoms with Crippen LogP contribution < -0.4 is 9.64 Å². The van der Waals surface area contributed by atoms with Crippen LogP contribution in [0.25, 0.3) is 0 Å². The fraction of sp³-hybridized carbons (Fsp3) is 0.412. The largest absolute Gasteiger partial charge is 0.493 e. The Morgan fingerprint density at radius 3 is 2.73 bits per heavy atom. The maximum absolute atomic E-state index is 12.9. The molecule has 0 spiro atoms. The first-order chi connectivity index (χ1) is 10.7. The molecule has 22 heavy (non-hydrogen) atoms. The minimum absolute atomic E-state index is 0.242. The van der Waals surface area contributed by atoms with Gasteiger partial charge in [-0.2, -0.15) is 5.10 Å². The highest BCUT2D eigenvalue weighted by atomic mass is 19.1. The van der Waals surface area contributed by atoms with Gasteiger partial charge in [-0.1, -0.05) is 0 Å². The molecule has 0 aliphatic carbocycles. The molecule has 1 aromatic carbocycles. The highest BCUT2D eigenvalue weighted by Crippen LogP contribution is 2.22. The highest BCUT2D eigenvalue weighted by molar-refractivity contribution is 5.37. The van der Waals surface area contributed by atoms with Crippen molar-refractivity contribution in [3.63, 3.8) is 0 Å². The monoisotopic (exact) mass is 301 g/mol. The lowest BCUT2D eigenvalue weighted by molar-refractivity contribution is 0.228. The van der Waals surface area contributed by atoms with Gasteiger partial charge >= 0.3 is 0 Å². The second kappa shape index (κ2) is 6.73. The minimum atomic E-state index is -0.242. The van der Waals surface area contributed by atoms with Gasteiger partial charge in [0.15, 0.2) is 5.82 Å². The van der Waals surface area contributed by atoms with Crippen LogP contribution in [-0.2, 0) is 0 Å². The first-order valence-corrected chi connectivity index (χ1v) is 7.64. The molecule has 1 aliphatic rings. The average molecular weight is 301 g/mol. The lowest BCUT2D eigenvalue weighted by Gasteiger charge is -2.33. The van der Waals surface area contributed by atoms with Gasteiger partial charge in [-0.3, -0.25) is 0 Å². The number of piperidine rings is 1. The molecule has 2 heterocycles. The van der Waals surface area contributed by atoms with E-state index in [1.165, 1.54) is 12.1 Å². The number of rotatable bonds is 4. The normalized spacial score (nSPS) is 18.3. The molecule has 0 N–H and O–H groups in total. The Hall–Kier alpha value is -2.17. The third-order valence-electron chi connectivity index (χ3n) is 3.93. The Morgan fingerprint density at radius 1 is 1.18 bits per heavy atom. The summed E-state index contributed by atoms with van der Waals surface area (Å²) in [6.45, 7) is 4.50. The van der Waals surface area contributed by atoms with Crippen LogP contribution in [0, 0.1) is 18.7 Å². The van der Waals surface area contributed by atoms with Gasteiger partial charge in [0.2, 0.25) is 0 Å². The zero-order valence-corrected chi connectivity index (χ0v) is 12.7. The third-order valence-corrected chi connectivity index (χ3v) is 3.93. The van der Waals surface area contributed by atoms with E-state index >= 15 is 0 Å². The number of benzene rings is 1. The number of nitrogens with zero attached hydrogens (tertiary/aromatic N) is 3. The Labute approximate surface area is 129 Å². The lowest BCUT2D eigenvalue weighted by Crippen LogP contribution is -2.38. The minimum Gasteiger partial charge on any atom is -0.493 e. The lowest BCUT2D eigenvalue weighted by atomic mass is 9.99. The van der Waals surface area contributed by atoms with Crippen LogP contribution in [0.1, 0.15) is 18.5 Å². The van der Waals surface area contributed by atoms with Gasteiger partial charge in [-0.05, 0) is 56.2 Å². The van der Waals surface area contributed by atoms with Crippen molar-refractivity contribution in [1.82, 2.24) is 10.2 Å². The van der Waals surface area contributed by atoms with Crippen LogP contribution in [0.15, 0.2) is 36.4 Å². The summed E-state index contributed by atoms with van der Waals surface area (Å²) in [5.41, 5.74) is 0.928. The standard InChI is InChI=1S/C17H20FN3O/c1-13-4-9-17(20-19-13)21-10-2-3-14(11-21)12-22-16-7-5-15(18)6-8-16/h4-9,14H,2-3,10-12H2,1H3. The van der Waals surface area contributed by atoms with Gasteiger partial charge in [0, 0.05) is 19.0 Å². The van der Waals surface area contributed by atoms with Gasteiger partial charge in [-0.25, -0.2) is 4.39 Å². The molecule has 3 rings (SSSR count). The third kappa shape index (κ3) is 3.72. The first-order valence-electron chi connectivity index (χ1n) is 7.64. The summed E-state index contributed by atoms with van der Waals surface area (Å²) in [5.74, 6) is 1.85. The van der Waals surface area contributed by atoms with Gasteiger partial charge in [0.1, 0.15) is 11.6 Å². The SMILES string of the molecule is Cc1ccc(N2CCCC(COc3ccc(F)cc3)C2)nn1.